The van der Waals surface area contributed by atoms with Crippen molar-refractivity contribution >= 4 is 23.5 Å². The smallest absolute Gasteiger partial charge is 0.235 e. The van der Waals surface area contributed by atoms with Crippen LogP contribution < -0.4 is 5.32 Å². The maximum absolute atomic E-state index is 12.2. The van der Waals surface area contributed by atoms with E-state index >= 15 is 0 Å². The van der Waals surface area contributed by atoms with Crippen molar-refractivity contribution in [1.29, 1.82) is 0 Å². The average molecular weight is 355 g/mol. The molecule has 7 heteroatoms. The molecule has 0 aliphatic carbocycles. The van der Waals surface area contributed by atoms with Gasteiger partial charge in [0.05, 0.1) is 11.4 Å². The molecule has 130 valence electrons. The third kappa shape index (κ3) is 3.93. The number of nitrogens with zero attached hydrogens (tertiary/aromatic N) is 4. The number of hydrogen-bond donors (Lipinski definition) is 1. The summed E-state index contributed by atoms with van der Waals surface area (Å²) >= 11 is 1.41. The van der Waals surface area contributed by atoms with Crippen molar-refractivity contribution in [2.24, 2.45) is 7.05 Å². The summed E-state index contributed by atoms with van der Waals surface area (Å²) < 4.78 is 3.66. The minimum Gasteiger partial charge on any atom is -0.310 e. The largest absolute Gasteiger partial charge is 0.310 e. The molecular weight excluding hydrogens is 334 g/mol. The molecule has 2 aromatic heterocycles. The van der Waals surface area contributed by atoms with Gasteiger partial charge >= 0.3 is 0 Å². The van der Waals surface area contributed by atoms with Gasteiger partial charge in [-0.1, -0.05) is 17.8 Å². The third-order valence-electron chi connectivity index (χ3n) is 3.98. The van der Waals surface area contributed by atoms with Gasteiger partial charge in [-0.25, -0.2) is 4.98 Å². The first-order valence-electron chi connectivity index (χ1n) is 7.98. The minimum atomic E-state index is -0.0809. The first kappa shape index (κ1) is 17.3. The average Bonchev–Trinajstić information content (AvgIpc) is 3.14. The molecular formula is C18H21N5OS. The molecule has 0 aliphatic rings. The van der Waals surface area contributed by atoms with Crippen molar-refractivity contribution in [2.45, 2.75) is 25.9 Å². The van der Waals surface area contributed by atoms with Crippen LogP contribution in [-0.4, -0.2) is 31.0 Å². The molecule has 6 nitrogen and oxygen atoms in total. The summed E-state index contributed by atoms with van der Waals surface area (Å²) in [6.45, 7) is 6.07. The Hall–Kier alpha value is -2.54. The van der Waals surface area contributed by atoms with Crippen LogP contribution in [0.1, 0.15) is 16.8 Å². The second-order valence-corrected chi connectivity index (χ2v) is 6.92. The van der Waals surface area contributed by atoms with Crippen LogP contribution in [0.5, 0.6) is 0 Å². The molecule has 0 unspecified atom stereocenters. The lowest BCUT2D eigenvalue weighted by Crippen LogP contribution is -2.16. The Morgan fingerprint density at radius 2 is 2.00 bits per heavy atom. The number of rotatable bonds is 5. The molecule has 1 N–H and O–H groups in total. The van der Waals surface area contributed by atoms with Crippen molar-refractivity contribution in [3.63, 3.8) is 0 Å². The van der Waals surface area contributed by atoms with Crippen LogP contribution in [0.4, 0.5) is 5.82 Å². The van der Waals surface area contributed by atoms with Gasteiger partial charge in [0, 0.05) is 31.2 Å². The zero-order chi connectivity index (χ0) is 18.0. The number of thioether (sulfide) groups is 1. The second kappa shape index (κ2) is 7.14. The van der Waals surface area contributed by atoms with Crippen LogP contribution >= 0.6 is 11.8 Å². The number of amides is 1. The molecule has 0 atom stereocenters. The number of aryl methyl sites for hydroxylation is 4. The van der Waals surface area contributed by atoms with Gasteiger partial charge in [0.2, 0.25) is 5.91 Å². The first-order valence-corrected chi connectivity index (χ1v) is 8.97. The van der Waals surface area contributed by atoms with Crippen LogP contribution in [0.15, 0.2) is 41.8 Å². The number of imidazole rings is 1. The summed E-state index contributed by atoms with van der Waals surface area (Å²) in [7, 11) is 1.81. The summed E-state index contributed by atoms with van der Waals surface area (Å²) in [5, 5.41) is 7.89. The Bertz CT molecular complexity index is 912. The minimum absolute atomic E-state index is 0.0809. The third-order valence-corrected chi connectivity index (χ3v) is 4.94. The van der Waals surface area contributed by atoms with Gasteiger partial charge in [-0.2, -0.15) is 5.10 Å². The van der Waals surface area contributed by atoms with Crippen LogP contribution in [0.2, 0.25) is 0 Å². The molecule has 0 aliphatic heterocycles. The molecule has 2 heterocycles. The maximum atomic E-state index is 12.2. The quantitative estimate of drug-likeness (QED) is 0.714. The highest BCUT2D eigenvalue weighted by molar-refractivity contribution is 7.99. The van der Waals surface area contributed by atoms with Crippen molar-refractivity contribution in [3.05, 3.63) is 53.5 Å². The van der Waals surface area contributed by atoms with E-state index in [0.29, 0.717) is 5.82 Å². The first-order chi connectivity index (χ1) is 11.9. The van der Waals surface area contributed by atoms with Gasteiger partial charge < -0.3 is 5.32 Å². The molecule has 25 heavy (non-hydrogen) atoms. The number of hydrogen-bond acceptors (Lipinski definition) is 4. The fourth-order valence-corrected chi connectivity index (χ4v) is 3.28. The van der Waals surface area contributed by atoms with Gasteiger partial charge in [0.15, 0.2) is 5.16 Å². The zero-order valence-electron chi connectivity index (χ0n) is 14.8. The topological polar surface area (TPSA) is 64.7 Å². The molecule has 0 spiro atoms. The molecule has 0 fully saturated rings. The van der Waals surface area contributed by atoms with Crippen LogP contribution in [0.25, 0.3) is 5.69 Å². The number of aromatic nitrogens is 4. The van der Waals surface area contributed by atoms with Gasteiger partial charge in [0.25, 0.3) is 0 Å². The van der Waals surface area contributed by atoms with Crippen molar-refractivity contribution in [3.8, 4) is 5.69 Å². The highest BCUT2D eigenvalue weighted by Crippen LogP contribution is 2.22. The Kier molecular flexibility index (Phi) is 4.94. The van der Waals surface area contributed by atoms with E-state index < -0.39 is 0 Å². The van der Waals surface area contributed by atoms with Gasteiger partial charge in [-0.3, -0.25) is 14.0 Å². The summed E-state index contributed by atoms with van der Waals surface area (Å²) in [5.74, 6) is 0.898. The van der Waals surface area contributed by atoms with E-state index in [1.165, 1.54) is 22.9 Å². The highest BCUT2D eigenvalue weighted by atomic mass is 32.2. The monoisotopic (exact) mass is 355 g/mol. The van der Waals surface area contributed by atoms with Crippen molar-refractivity contribution in [2.75, 3.05) is 11.1 Å². The molecule has 0 bridgehead atoms. The van der Waals surface area contributed by atoms with Gasteiger partial charge in [-0.15, -0.1) is 0 Å². The van der Waals surface area contributed by atoms with E-state index in [0.717, 1.165) is 16.5 Å². The molecule has 0 saturated carbocycles. The number of carbonyl (C=O) groups excluding carboxylic acids is 1. The lowest BCUT2D eigenvalue weighted by Gasteiger charge is -2.10. The molecule has 1 amide bonds. The Morgan fingerprint density at radius 3 is 2.68 bits per heavy atom. The van der Waals surface area contributed by atoms with Crippen molar-refractivity contribution < 1.29 is 4.79 Å². The van der Waals surface area contributed by atoms with E-state index in [2.05, 4.69) is 47.4 Å². The number of nitrogens with one attached hydrogen (secondary N) is 1. The van der Waals surface area contributed by atoms with Gasteiger partial charge in [-0.05, 0) is 44.0 Å². The fourth-order valence-electron chi connectivity index (χ4n) is 2.51. The molecule has 0 saturated heterocycles. The Balaban J connectivity index is 1.68. The van der Waals surface area contributed by atoms with E-state index in [-0.39, 0.29) is 11.7 Å². The van der Waals surface area contributed by atoms with Crippen LogP contribution in [0, 0.1) is 20.8 Å². The Labute approximate surface area is 151 Å². The summed E-state index contributed by atoms with van der Waals surface area (Å²) in [5.41, 5.74) is 4.40. The van der Waals surface area contributed by atoms with Crippen molar-refractivity contribution in [1.82, 2.24) is 19.3 Å². The summed E-state index contributed by atoms with van der Waals surface area (Å²) in [6.07, 6.45) is 3.66. The number of benzene rings is 1. The molecule has 3 aromatic rings. The molecule has 1 aromatic carbocycles. The lowest BCUT2D eigenvalue weighted by atomic mass is 10.1. The maximum Gasteiger partial charge on any atom is 0.235 e. The standard InChI is InChI=1S/C18H21N5OS/c1-12-5-6-15(9-13(12)2)23-8-7-19-18(23)25-11-17(24)20-16-10-14(3)21-22(16)4/h5-10H,11H2,1-4H3,(H,20,24). The fraction of sp³-hybridized carbons (Fsp3) is 0.278. The van der Waals surface area contributed by atoms with Gasteiger partial charge in [0.1, 0.15) is 5.82 Å². The number of anilines is 1. The highest BCUT2D eigenvalue weighted by Gasteiger charge is 2.11. The van der Waals surface area contributed by atoms with Crippen LogP contribution in [0.3, 0.4) is 0 Å². The lowest BCUT2D eigenvalue weighted by molar-refractivity contribution is -0.113. The van der Waals surface area contributed by atoms with Crippen LogP contribution in [-0.2, 0) is 11.8 Å². The predicted molar refractivity (Wildman–Crippen MR) is 100 cm³/mol. The normalized spacial score (nSPS) is 10.9. The molecule has 3 rings (SSSR count). The van der Waals surface area contributed by atoms with E-state index in [4.69, 9.17) is 0 Å². The summed E-state index contributed by atoms with van der Waals surface area (Å²) in [4.78, 5) is 16.6. The van der Waals surface area contributed by atoms with E-state index in [1.807, 2.05) is 30.8 Å². The summed E-state index contributed by atoms with van der Waals surface area (Å²) in [6, 6.07) is 8.13. The second-order valence-electron chi connectivity index (χ2n) is 5.98. The van der Waals surface area contributed by atoms with E-state index in [1.54, 1.807) is 10.9 Å². The van der Waals surface area contributed by atoms with E-state index in [9.17, 15) is 4.79 Å². The SMILES string of the molecule is Cc1cc(NC(=O)CSc2nccn2-c2ccc(C)c(C)c2)n(C)n1. The number of carbonyl (C=O) groups is 1. The Morgan fingerprint density at radius 1 is 1.20 bits per heavy atom. The predicted octanol–water partition coefficient (Wildman–Crippen LogP) is 3.26. The molecule has 0 radical (unpaired) electrons. The zero-order valence-corrected chi connectivity index (χ0v) is 15.6.